The topological polar surface area (TPSA) is 83.0 Å². The van der Waals surface area contributed by atoms with Crippen LogP contribution >= 0.6 is 0 Å². The monoisotopic (exact) mass is 380 g/mol. The molecule has 0 spiro atoms. The van der Waals surface area contributed by atoms with Gasteiger partial charge in [-0.05, 0) is 37.8 Å². The number of guanidine groups is 1. The molecule has 3 rings (SSSR count). The average Bonchev–Trinajstić information content (AvgIpc) is 3.29. The predicted molar refractivity (Wildman–Crippen MR) is 104 cm³/mol. The van der Waals surface area contributed by atoms with Crippen molar-refractivity contribution in [1.29, 1.82) is 0 Å². The zero-order valence-electron chi connectivity index (χ0n) is 15.3. The van der Waals surface area contributed by atoms with Crippen LogP contribution in [0.15, 0.2) is 29.3 Å². The number of ether oxygens (including phenoxy) is 1. The summed E-state index contributed by atoms with van der Waals surface area (Å²) in [5, 5.41) is 6.28. The second-order valence-electron chi connectivity index (χ2n) is 6.55. The molecule has 0 aliphatic carbocycles. The maximum absolute atomic E-state index is 12.7. The zero-order chi connectivity index (χ0) is 18.4. The third-order valence-electron chi connectivity index (χ3n) is 4.65. The Morgan fingerprint density at radius 1 is 1.35 bits per heavy atom. The lowest BCUT2D eigenvalue weighted by Gasteiger charge is -2.20. The normalized spacial score (nSPS) is 20.3. The lowest BCUT2D eigenvalue weighted by atomic mass is 10.2. The molecule has 1 atom stereocenters. The van der Waals surface area contributed by atoms with Crippen LogP contribution in [-0.2, 0) is 21.2 Å². The van der Waals surface area contributed by atoms with Crippen LogP contribution in [0, 0.1) is 0 Å². The number of aliphatic imine (C=N–C) groups is 1. The zero-order valence-corrected chi connectivity index (χ0v) is 16.1. The van der Waals surface area contributed by atoms with E-state index in [9.17, 15) is 8.42 Å². The number of hydrogen-bond acceptors (Lipinski definition) is 4. The minimum atomic E-state index is -3.35. The highest BCUT2D eigenvalue weighted by atomic mass is 32.2. The number of fused-ring (bicyclic) bond motifs is 1. The number of rotatable bonds is 7. The Morgan fingerprint density at radius 3 is 2.96 bits per heavy atom. The summed E-state index contributed by atoms with van der Waals surface area (Å²) in [6.07, 6.45) is 3.06. The quantitative estimate of drug-likeness (QED) is 0.547. The van der Waals surface area contributed by atoms with Crippen molar-refractivity contribution >= 4 is 21.7 Å². The van der Waals surface area contributed by atoms with Gasteiger partial charge in [-0.25, -0.2) is 8.42 Å². The van der Waals surface area contributed by atoms with E-state index in [0.29, 0.717) is 25.6 Å². The van der Waals surface area contributed by atoms with Crippen LogP contribution in [0.1, 0.15) is 25.3 Å². The van der Waals surface area contributed by atoms with Crippen molar-refractivity contribution in [2.24, 2.45) is 4.99 Å². The summed E-state index contributed by atoms with van der Waals surface area (Å²) in [5.41, 5.74) is 1.90. The number of nitrogens with one attached hydrogen (secondary N) is 2. The van der Waals surface area contributed by atoms with Crippen LogP contribution in [0.25, 0.3) is 0 Å². The van der Waals surface area contributed by atoms with Gasteiger partial charge >= 0.3 is 0 Å². The first-order valence-electron chi connectivity index (χ1n) is 9.32. The van der Waals surface area contributed by atoms with Gasteiger partial charge in [0, 0.05) is 26.2 Å². The molecular weight excluding hydrogens is 352 g/mol. The van der Waals surface area contributed by atoms with Crippen molar-refractivity contribution in [2.45, 2.75) is 32.3 Å². The van der Waals surface area contributed by atoms with Gasteiger partial charge in [0.1, 0.15) is 0 Å². The van der Waals surface area contributed by atoms with Gasteiger partial charge in [-0.15, -0.1) is 0 Å². The van der Waals surface area contributed by atoms with E-state index in [2.05, 4.69) is 15.6 Å². The minimum absolute atomic E-state index is 0.0334. The van der Waals surface area contributed by atoms with Crippen LogP contribution < -0.4 is 14.9 Å². The maximum atomic E-state index is 12.7. The fourth-order valence-corrected chi connectivity index (χ4v) is 4.76. The molecule has 7 nitrogen and oxygen atoms in total. The first kappa shape index (κ1) is 19.0. The molecule has 0 saturated carbocycles. The minimum Gasteiger partial charge on any atom is -0.376 e. The Bertz CT molecular complexity index is 730. The Labute approximate surface area is 155 Å². The van der Waals surface area contributed by atoms with E-state index >= 15 is 0 Å². The van der Waals surface area contributed by atoms with E-state index in [1.54, 1.807) is 0 Å². The van der Waals surface area contributed by atoms with Crippen LogP contribution in [0.5, 0.6) is 0 Å². The molecule has 2 aliphatic rings. The molecule has 8 heteroatoms. The SMILES string of the molecule is CCNC(=NCC1CCCO1)NCCS(=O)(=O)N1CCc2ccccc21. The van der Waals surface area contributed by atoms with Crippen LogP contribution in [-0.4, -0.2) is 59.0 Å². The fourth-order valence-electron chi connectivity index (χ4n) is 3.33. The highest BCUT2D eigenvalue weighted by Crippen LogP contribution is 2.29. The van der Waals surface area contributed by atoms with Crippen molar-refractivity contribution in [3.63, 3.8) is 0 Å². The first-order valence-corrected chi connectivity index (χ1v) is 10.9. The van der Waals surface area contributed by atoms with E-state index in [0.717, 1.165) is 43.7 Å². The molecule has 1 aromatic rings. The smallest absolute Gasteiger partial charge is 0.236 e. The van der Waals surface area contributed by atoms with Crippen molar-refractivity contribution in [3.8, 4) is 0 Å². The van der Waals surface area contributed by atoms with Crippen LogP contribution in [0.4, 0.5) is 5.69 Å². The van der Waals surface area contributed by atoms with Gasteiger partial charge < -0.3 is 15.4 Å². The maximum Gasteiger partial charge on any atom is 0.236 e. The van der Waals surface area contributed by atoms with Gasteiger partial charge in [-0.3, -0.25) is 9.30 Å². The van der Waals surface area contributed by atoms with E-state index < -0.39 is 10.0 Å². The van der Waals surface area contributed by atoms with Gasteiger partial charge in [0.05, 0.1) is 24.1 Å². The molecule has 0 radical (unpaired) electrons. The van der Waals surface area contributed by atoms with Crippen molar-refractivity contribution in [2.75, 3.05) is 42.8 Å². The number of sulfonamides is 1. The summed E-state index contributed by atoms with van der Waals surface area (Å²) in [4.78, 5) is 4.51. The van der Waals surface area contributed by atoms with E-state index in [4.69, 9.17) is 4.74 Å². The lowest BCUT2D eigenvalue weighted by Crippen LogP contribution is -2.42. The highest BCUT2D eigenvalue weighted by molar-refractivity contribution is 7.92. The van der Waals surface area contributed by atoms with E-state index in [-0.39, 0.29) is 11.9 Å². The molecule has 1 saturated heterocycles. The number of anilines is 1. The van der Waals surface area contributed by atoms with Gasteiger partial charge in [0.2, 0.25) is 10.0 Å². The molecule has 0 amide bonds. The summed E-state index contributed by atoms with van der Waals surface area (Å²) in [6, 6.07) is 7.69. The standard InChI is InChI=1S/C18H28N4O3S/c1-2-19-18(21-14-16-7-5-12-25-16)20-10-13-26(23,24)22-11-9-15-6-3-4-8-17(15)22/h3-4,6,8,16H,2,5,7,9-14H2,1H3,(H2,19,20,21). The number of benzene rings is 1. The summed E-state index contributed by atoms with van der Waals surface area (Å²) in [7, 11) is -3.35. The number of nitrogens with zero attached hydrogens (tertiary/aromatic N) is 2. The van der Waals surface area contributed by atoms with Crippen molar-refractivity contribution in [1.82, 2.24) is 10.6 Å². The predicted octanol–water partition coefficient (Wildman–Crippen LogP) is 1.11. The van der Waals surface area contributed by atoms with Crippen molar-refractivity contribution < 1.29 is 13.2 Å². The largest absolute Gasteiger partial charge is 0.376 e. The third-order valence-corrected chi connectivity index (χ3v) is 6.42. The number of para-hydroxylation sites is 1. The second kappa shape index (κ2) is 8.73. The van der Waals surface area contributed by atoms with Gasteiger partial charge in [-0.2, -0.15) is 0 Å². The van der Waals surface area contributed by atoms with Crippen LogP contribution in [0.2, 0.25) is 0 Å². The Balaban J connectivity index is 1.54. The molecular formula is C18H28N4O3S. The van der Waals surface area contributed by atoms with Crippen molar-refractivity contribution in [3.05, 3.63) is 29.8 Å². The molecule has 2 N–H and O–H groups in total. The molecule has 26 heavy (non-hydrogen) atoms. The Kier molecular flexibility index (Phi) is 6.37. The second-order valence-corrected chi connectivity index (χ2v) is 8.56. The molecule has 0 aromatic heterocycles. The Hall–Kier alpha value is -1.80. The Morgan fingerprint density at radius 2 is 2.19 bits per heavy atom. The summed E-state index contributed by atoms with van der Waals surface area (Å²) >= 11 is 0. The number of hydrogen-bond donors (Lipinski definition) is 2. The van der Waals surface area contributed by atoms with E-state index in [1.807, 2.05) is 31.2 Å². The fraction of sp³-hybridized carbons (Fsp3) is 0.611. The van der Waals surface area contributed by atoms with Gasteiger partial charge in [0.25, 0.3) is 0 Å². The van der Waals surface area contributed by atoms with Crippen LogP contribution in [0.3, 0.4) is 0 Å². The molecule has 1 unspecified atom stereocenters. The lowest BCUT2D eigenvalue weighted by molar-refractivity contribution is 0.117. The molecule has 1 fully saturated rings. The molecule has 2 aliphatic heterocycles. The highest BCUT2D eigenvalue weighted by Gasteiger charge is 2.28. The first-order chi connectivity index (χ1) is 12.6. The summed E-state index contributed by atoms with van der Waals surface area (Å²) < 4.78 is 32.5. The third kappa shape index (κ3) is 4.67. The summed E-state index contributed by atoms with van der Waals surface area (Å²) in [6.45, 7) is 4.96. The molecule has 144 valence electrons. The van der Waals surface area contributed by atoms with Gasteiger partial charge in [0.15, 0.2) is 5.96 Å². The molecule has 0 bridgehead atoms. The molecule has 2 heterocycles. The summed E-state index contributed by atoms with van der Waals surface area (Å²) in [5.74, 6) is 0.672. The molecule has 1 aromatic carbocycles. The average molecular weight is 381 g/mol. The van der Waals surface area contributed by atoms with E-state index in [1.165, 1.54) is 4.31 Å². The van der Waals surface area contributed by atoms with Gasteiger partial charge in [-0.1, -0.05) is 18.2 Å².